The molecular formula is C24H28F2N4O6S. The largest absolute Gasteiger partial charge is 0.488 e. The molecule has 10 nitrogen and oxygen atoms in total. The summed E-state index contributed by atoms with van der Waals surface area (Å²) >= 11 is 0. The molecule has 3 aliphatic rings. The Morgan fingerprint density at radius 1 is 1.14 bits per heavy atom. The molecule has 0 radical (unpaired) electrons. The summed E-state index contributed by atoms with van der Waals surface area (Å²) in [6.45, 7) is 1.67. The number of hydrogen-bond acceptors (Lipinski definition) is 9. The van der Waals surface area contributed by atoms with E-state index in [1.54, 1.807) is 11.0 Å². The van der Waals surface area contributed by atoms with Crippen LogP contribution in [0, 0.1) is 5.92 Å². The molecule has 0 spiro atoms. The zero-order chi connectivity index (χ0) is 26.2. The first-order valence-electron chi connectivity index (χ1n) is 12.1. The fourth-order valence-electron chi connectivity index (χ4n) is 4.96. The minimum atomic E-state index is -3.03. The molecule has 0 aromatic carbocycles. The number of likely N-dealkylation sites (tertiary alicyclic amines) is 1. The second kappa shape index (κ2) is 10.3. The second-order valence-corrected chi connectivity index (χ2v) is 11.6. The fraction of sp³-hybridized carbons (Fsp3) is 0.542. The van der Waals surface area contributed by atoms with Crippen LogP contribution < -0.4 is 19.1 Å². The van der Waals surface area contributed by atoms with Gasteiger partial charge in [0.05, 0.1) is 61.0 Å². The van der Waals surface area contributed by atoms with Crippen molar-refractivity contribution in [3.05, 3.63) is 30.1 Å². The van der Waals surface area contributed by atoms with Crippen LogP contribution in [0.3, 0.4) is 0 Å². The van der Waals surface area contributed by atoms with E-state index in [9.17, 15) is 22.0 Å². The number of halogens is 2. The molecule has 2 aromatic rings. The van der Waals surface area contributed by atoms with Gasteiger partial charge in [-0.3, -0.25) is 4.79 Å². The summed E-state index contributed by atoms with van der Waals surface area (Å²) in [6.07, 6.45) is 1.33. The van der Waals surface area contributed by atoms with Crippen LogP contribution in [0.25, 0.3) is 0 Å². The first-order chi connectivity index (χ1) is 17.7. The van der Waals surface area contributed by atoms with Crippen LogP contribution in [0.15, 0.2) is 24.5 Å². The van der Waals surface area contributed by atoms with Gasteiger partial charge in [0.15, 0.2) is 5.75 Å². The number of pyridine rings is 2. The number of nitrogens with zero attached hydrogens (tertiary/aromatic N) is 4. The molecule has 5 rings (SSSR count). The van der Waals surface area contributed by atoms with Crippen molar-refractivity contribution in [3.8, 4) is 17.5 Å². The summed E-state index contributed by atoms with van der Waals surface area (Å²) in [4.78, 5) is 24.8. The van der Waals surface area contributed by atoms with E-state index in [4.69, 9.17) is 14.2 Å². The van der Waals surface area contributed by atoms with Crippen LogP contribution in [0.1, 0.15) is 31.3 Å². The van der Waals surface area contributed by atoms with E-state index in [1.165, 1.54) is 25.6 Å². The van der Waals surface area contributed by atoms with Crippen LogP contribution >= 0.6 is 0 Å². The molecule has 1 atom stereocenters. The van der Waals surface area contributed by atoms with Gasteiger partial charge in [-0.2, -0.15) is 0 Å². The number of carbonyl (C=O) groups is 1. The molecule has 200 valence electrons. The molecule has 2 aromatic heterocycles. The van der Waals surface area contributed by atoms with Gasteiger partial charge in [0.25, 0.3) is 6.43 Å². The van der Waals surface area contributed by atoms with Crippen LogP contribution in [0.5, 0.6) is 17.5 Å². The highest BCUT2D eigenvalue weighted by molar-refractivity contribution is 7.91. The monoisotopic (exact) mass is 538 g/mol. The molecule has 2 saturated heterocycles. The maximum Gasteiger partial charge on any atom is 0.269 e. The third-order valence-corrected chi connectivity index (χ3v) is 8.65. The minimum Gasteiger partial charge on any atom is -0.488 e. The maximum atomic E-state index is 13.5. The quantitative estimate of drug-likeness (QED) is 0.548. The lowest BCUT2D eigenvalue weighted by Crippen LogP contribution is -2.39. The van der Waals surface area contributed by atoms with Crippen LogP contribution in [-0.4, -0.2) is 80.2 Å². The number of carbonyl (C=O) groups excluding carboxylic acids is 1. The number of fused-ring (bicyclic) bond motifs is 1. The van der Waals surface area contributed by atoms with Gasteiger partial charge >= 0.3 is 0 Å². The SMILES string of the molecule is COc1ncc(N2CCOc3cnc(OC4CCN(C(=O)C5CCS(=O)(=O)CC5)C4)cc32)cc1C(F)F. The molecule has 2 fully saturated rings. The van der Waals surface area contributed by atoms with Gasteiger partial charge in [-0.1, -0.05) is 0 Å². The van der Waals surface area contributed by atoms with Crippen molar-refractivity contribution in [2.24, 2.45) is 5.92 Å². The van der Waals surface area contributed by atoms with Gasteiger partial charge in [0.1, 0.15) is 22.5 Å². The smallest absolute Gasteiger partial charge is 0.269 e. The molecule has 1 amide bonds. The number of rotatable bonds is 6. The molecule has 0 aliphatic carbocycles. The molecule has 5 heterocycles. The van der Waals surface area contributed by atoms with Gasteiger partial charge in [-0.15, -0.1) is 0 Å². The lowest BCUT2D eigenvalue weighted by molar-refractivity contribution is -0.135. The zero-order valence-corrected chi connectivity index (χ0v) is 21.1. The average Bonchev–Trinajstić information content (AvgIpc) is 3.36. The topological polar surface area (TPSA) is 111 Å². The maximum absolute atomic E-state index is 13.5. The van der Waals surface area contributed by atoms with E-state index < -0.39 is 16.3 Å². The number of amides is 1. The highest BCUT2D eigenvalue weighted by Crippen LogP contribution is 2.40. The van der Waals surface area contributed by atoms with Crippen molar-refractivity contribution in [2.45, 2.75) is 31.8 Å². The first kappa shape index (κ1) is 25.4. The predicted octanol–water partition coefficient (Wildman–Crippen LogP) is 2.76. The van der Waals surface area contributed by atoms with Crippen LogP contribution in [0.4, 0.5) is 20.2 Å². The summed E-state index contributed by atoms with van der Waals surface area (Å²) < 4.78 is 67.2. The van der Waals surface area contributed by atoms with Gasteiger partial charge in [0.2, 0.25) is 17.7 Å². The Bertz CT molecular complexity index is 1260. The molecular weight excluding hydrogens is 510 g/mol. The highest BCUT2D eigenvalue weighted by atomic mass is 32.2. The van der Waals surface area contributed by atoms with E-state index in [2.05, 4.69) is 9.97 Å². The van der Waals surface area contributed by atoms with E-state index in [0.29, 0.717) is 68.5 Å². The number of sulfone groups is 1. The molecule has 13 heteroatoms. The summed E-state index contributed by atoms with van der Waals surface area (Å²) in [5.74, 6) is 0.499. The first-order valence-corrected chi connectivity index (χ1v) is 13.9. The number of ether oxygens (including phenoxy) is 3. The third kappa shape index (κ3) is 5.41. The van der Waals surface area contributed by atoms with Crippen molar-refractivity contribution in [1.29, 1.82) is 0 Å². The van der Waals surface area contributed by atoms with E-state index in [1.807, 2.05) is 4.90 Å². The predicted molar refractivity (Wildman–Crippen MR) is 129 cm³/mol. The summed E-state index contributed by atoms with van der Waals surface area (Å²) in [5, 5.41) is 0. The van der Waals surface area contributed by atoms with Gasteiger partial charge in [0, 0.05) is 24.9 Å². The van der Waals surface area contributed by atoms with Gasteiger partial charge in [-0.25, -0.2) is 27.2 Å². The zero-order valence-electron chi connectivity index (χ0n) is 20.3. The third-order valence-electron chi connectivity index (χ3n) is 6.94. The van der Waals surface area contributed by atoms with Crippen molar-refractivity contribution in [2.75, 3.05) is 49.8 Å². The number of methoxy groups -OCH3 is 1. The molecule has 0 bridgehead atoms. The van der Waals surface area contributed by atoms with E-state index in [-0.39, 0.29) is 40.9 Å². The van der Waals surface area contributed by atoms with Crippen molar-refractivity contribution in [3.63, 3.8) is 0 Å². The molecule has 3 aliphatic heterocycles. The molecule has 37 heavy (non-hydrogen) atoms. The van der Waals surface area contributed by atoms with E-state index in [0.717, 1.165) is 0 Å². The standard InChI is InChI=1S/C24H28F2N4O6S/c1-34-23-18(22(25)26)10-16(12-28-23)30-6-7-35-20-13-27-21(11-19(20)30)36-17-2-5-29(14-17)24(31)15-3-8-37(32,33)9-4-15/h10-13,15,17,22H,2-9,14H2,1H3. The van der Waals surface area contributed by atoms with E-state index >= 15 is 0 Å². The normalized spacial score (nSPS) is 21.5. The summed E-state index contributed by atoms with van der Waals surface area (Å²) in [7, 11) is -1.74. The number of aromatic nitrogens is 2. The number of anilines is 2. The Kier molecular flexibility index (Phi) is 7.06. The molecule has 0 N–H and O–H groups in total. The Morgan fingerprint density at radius 3 is 2.65 bits per heavy atom. The summed E-state index contributed by atoms with van der Waals surface area (Å²) in [6, 6.07) is 3.04. The lowest BCUT2D eigenvalue weighted by Gasteiger charge is -2.31. The van der Waals surface area contributed by atoms with Gasteiger partial charge in [-0.05, 0) is 18.9 Å². The Morgan fingerprint density at radius 2 is 1.92 bits per heavy atom. The molecule has 0 saturated carbocycles. The van der Waals surface area contributed by atoms with Crippen LogP contribution in [-0.2, 0) is 14.6 Å². The Labute approximate surface area is 213 Å². The summed E-state index contributed by atoms with van der Waals surface area (Å²) in [5.41, 5.74) is 0.771. The Balaban J connectivity index is 1.28. The highest BCUT2D eigenvalue weighted by Gasteiger charge is 2.35. The Hall–Kier alpha value is -3.22. The lowest BCUT2D eigenvalue weighted by atomic mass is 10.0. The van der Waals surface area contributed by atoms with Crippen molar-refractivity contribution >= 4 is 27.1 Å². The fourth-order valence-corrected chi connectivity index (χ4v) is 6.45. The molecule has 1 unspecified atom stereocenters. The van der Waals surface area contributed by atoms with Crippen LogP contribution in [0.2, 0.25) is 0 Å². The van der Waals surface area contributed by atoms with Crippen molar-refractivity contribution in [1.82, 2.24) is 14.9 Å². The van der Waals surface area contributed by atoms with Gasteiger partial charge < -0.3 is 24.0 Å². The van der Waals surface area contributed by atoms with Crippen molar-refractivity contribution < 1.29 is 36.2 Å². The number of alkyl halides is 2. The minimum absolute atomic E-state index is 0.0270. The number of hydrogen-bond donors (Lipinski definition) is 0. The average molecular weight is 539 g/mol. The second-order valence-electron chi connectivity index (χ2n) is 9.32.